The maximum absolute atomic E-state index is 11.3. The van der Waals surface area contributed by atoms with Gasteiger partial charge in [-0.3, -0.25) is 0 Å². The highest BCUT2D eigenvalue weighted by Crippen LogP contribution is 2.19. The number of aromatic nitrogens is 3. The molecule has 0 saturated carbocycles. The van der Waals surface area contributed by atoms with Crippen molar-refractivity contribution in [2.24, 2.45) is 0 Å². The normalized spacial score (nSPS) is 10.1. The average molecular weight is 239 g/mol. The van der Waals surface area contributed by atoms with Gasteiger partial charge < -0.3 is 15.7 Å². The van der Waals surface area contributed by atoms with Crippen molar-refractivity contribution in [1.82, 2.24) is 9.97 Å². The van der Waals surface area contributed by atoms with Crippen molar-refractivity contribution in [2.45, 2.75) is 0 Å². The van der Waals surface area contributed by atoms with Crippen LogP contribution in [0.1, 0.15) is 0 Å². The summed E-state index contributed by atoms with van der Waals surface area (Å²) in [5.74, 6) is 0.181. The van der Waals surface area contributed by atoms with E-state index in [-0.39, 0.29) is 22.9 Å². The number of nitrogen functional groups attached to an aromatic ring is 1. The lowest BCUT2D eigenvalue weighted by Crippen LogP contribution is -2.26. The number of ether oxygens (including phenoxy) is 1. The Kier molecular flexibility index (Phi) is 2.74. The second-order valence-electron chi connectivity index (χ2n) is 2.85. The van der Waals surface area contributed by atoms with Crippen LogP contribution in [0, 0.1) is 5.21 Å². The largest absolute Gasteiger partial charge is 0.616 e. The predicted molar refractivity (Wildman–Crippen MR) is 56.9 cm³/mol. The Morgan fingerprint density at radius 3 is 2.88 bits per heavy atom. The van der Waals surface area contributed by atoms with Crippen molar-refractivity contribution in [3.63, 3.8) is 0 Å². The number of nitrogens with two attached hydrogens (primary N) is 1. The molecule has 0 aliphatic carbocycles. The van der Waals surface area contributed by atoms with Gasteiger partial charge in [0.2, 0.25) is 11.8 Å². The van der Waals surface area contributed by atoms with Gasteiger partial charge in [0, 0.05) is 12.1 Å². The van der Waals surface area contributed by atoms with Crippen molar-refractivity contribution in [3.8, 4) is 11.8 Å². The molecule has 0 saturated heterocycles. The number of pyridine rings is 1. The van der Waals surface area contributed by atoms with E-state index in [1.54, 1.807) is 12.1 Å². The molecule has 2 aromatic rings. The summed E-state index contributed by atoms with van der Waals surface area (Å²) in [5, 5.41) is 11.4. The van der Waals surface area contributed by atoms with E-state index in [0.717, 1.165) is 0 Å². The van der Waals surface area contributed by atoms with Crippen LogP contribution in [0.2, 0.25) is 5.15 Å². The zero-order valence-electron chi connectivity index (χ0n) is 8.00. The van der Waals surface area contributed by atoms with Gasteiger partial charge in [0.25, 0.3) is 0 Å². The first-order valence-corrected chi connectivity index (χ1v) is 4.69. The summed E-state index contributed by atoms with van der Waals surface area (Å²) >= 11 is 5.66. The lowest BCUT2D eigenvalue weighted by atomic mass is 10.5. The third-order valence-electron chi connectivity index (χ3n) is 1.69. The second-order valence-corrected chi connectivity index (χ2v) is 3.24. The summed E-state index contributed by atoms with van der Waals surface area (Å²) < 4.78 is 5.77. The van der Waals surface area contributed by atoms with Crippen LogP contribution in [-0.2, 0) is 0 Å². The van der Waals surface area contributed by atoms with E-state index >= 15 is 0 Å². The topological polar surface area (TPSA) is 88.0 Å². The van der Waals surface area contributed by atoms with Crippen LogP contribution in [0.4, 0.5) is 5.95 Å². The fourth-order valence-electron chi connectivity index (χ4n) is 1.06. The van der Waals surface area contributed by atoms with Crippen molar-refractivity contribution >= 4 is 17.5 Å². The molecule has 0 spiro atoms. The smallest absolute Gasteiger partial charge is 0.386 e. The fourth-order valence-corrected chi connectivity index (χ4v) is 1.24. The Morgan fingerprint density at radius 1 is 1.38 bits per heavy atom. The molecule has 16 heavy (non-hydrogen) atoms. The van der Waals surface area contributed by atoms with Gasteiger partial charge >= 0.3 is 5.88 Å². The average Bonchev–Trinajstić information content (AvgIpc) is 2.20. The standard InChI is InChI=1S/C9H7ClN4O2/c10-6-5-7(13-9(11)12-6)16-8-3-1-2-4-14(8)15/h1-5H,(H2,11,12,13). The number of rotatable bonds is 2. The Morgan fingerprint density at radius 2 is 2.19 bits per heavy atom. The molecular weight excluding hydrogens is 232 g/mol. The van der Waals surface area contributed by atoms with Crippen LogP contribution >= 0.6 is 11.6 Å². The van der Waals surface area contributed by atoms with E-state index < -0.39 is 0 Å². The van der Waals surface area contributed by atoms with Gasteiger partial charge in [0.05, 0.1) is 6.07 Å². The van der Waals surface area contributed by atoms with Crippen LogP contribution in [0.15, 0.2) is 30.5 Å². The fraction of sp³-hybridized carbons (Fsp3) is 0. The number of nitrogens with zero attached hydrogens (tertiary/aromatic N) is 3. The summed E-state index contributed by atoms with van der Waals surface area (Å²) in [5.41, 5.74) is 5.38. The SMILES string of the molecule is Nc1nc(Cl)cc(Oc2cccc[n+]2[O-])n1. The zero-order chi connectivity index (χ0) is 11.5. The maximum Gasteiger partial charge on any atom is 0.386 e. The van der Waals surface area contributed by atoms with Gasteiger partial charge in [0.1, 0.15) is 5.15 Å². The molecule has 6 nitrogen and oxygen atoms in total. The van der Waals surface area contributed by atoms with Crippen LogP contribution in [0.3, 0.4) is 0 Å². The number of hydrogen-bond donors (Lipinski definition) is 1. The first-order valence-electron chi connectivity index (χ1n) is 4.31. The van der Waals surface area contributed by atoms with Crippen LogP contribution in [0.5, 0.6) is 11.8 Å². The lowest BCUT2D eigenvalue weighted by molar-refractivity contribution is -0.611. The minimum Gasteiger partial charge on any atom is -0.616 e. The van der Waals surface area contributed by atoms with Crippen molar-refractivity contribution in [3.05, 3.63) is 40.8 Å². The van der Waals surface area contributed by atoms with Gasteiger partial charge in [-0.25, -0.2) is 4.98 Å². The summed E-state index contributed by atoms with van der Waals surface area (Å²) in [7, 11) is 0. The number of hydrogen-bond acceptors (Lipinski definition) is 5. The second kappa shape index (κ2) is 4.19. The molecule has 0 unspecified atom stereocenters. The molecule has 0 aromatic carbocycles. The van der Waals surface area contributed by atoms with Crippen LogP contribution < -0.4 is 15.2 Å². The Labute approximate surface area is 95.9 Å². The monoisotopic (exact) mass is 238 g/mol. The third-order valence-corrected chi connectivity index (χ3v) is 1.88. The van der Waals surface area contributed by atoms with Gasteiger partial charge in [-0.1, -0.05) is 11.6 Å². The van der Waals surface area contributed by atoms with Gasteiger partial charge in [0.15, 0.2) is 6.20 Å². The van der Waals surface area contributed by atoms with E-state index in [9.17, 15) is 5.21 Å². The summed E-state index contributed by atoms with van der Waals surface area (Å²) in [4.78, 5) is 7.44. The number of anilines is 1. The molecule has 0 aliphatic rings. The molecule has 2 N–H and O–H groups in total. The van der Waals surface area contributed by atoms with Gasteiger partial charge in [-0.2, -0.15) is 4.98 Å². The Bertz CT molecular complexity index is 500. The lowest BCUT2D eigenvalue weighted by Gasteiger charge is -2.05. The minimum atomic E-state index is -0.0177. The third kappa shape index (κ3) is 2.29. The summed E-state index contributed by atoms with van der Waals surface area (Å²) in [6, 6.07) is 6.11. The van der Waals surface area contributed by atoms with Crippen molar-refractivity contribution < 1.29 is 9.47 Å². The molecule has 7 heteroatoms. The molecule has 2 aromatic heterocycles. The zero-order valence-corrected chi connectivity index (χ0v) is 8.76. The van der Waals surface area contributed by atoms with E-state index in [2.05, 4.69) is 9.97 Å². The van der Waals surface area contributed by atoms with Crippen molar-refractivity contribution in [1.29, 1.82) is 0 Å². The molecule has 0 radical (unpaired) electrons. The Balaban J connectivity index is 2.30. The molecule has 0 bridgehead atoms. The maximum atomic E-state index is 11.3. The highest BCUT2D eigenvalue weighted by Gasteiger charge is 2.09. The summed E-state index contributed by atoms with van der Waals surface area (Å²) in [6.45, 7) is 0. The molecular formula is C9H7ClN4O2. The molecule has 2 rings (SSSR count). The highest BCUT2D eigenvalue weighted by atomic mass is 35.5. The first kappa shape index (κ1) is 10.4. The molecule has 0 aliphatic heterocycles. The Hall–Kier alpha value is -2.08. The van der Waals surface area contributed by atoms with Gasteiger partial charge in [-0.05, 0) is 6.07 Å². The molecule has 2 heterocycles. The summed E-state index contributed by atoms with van der Waals surface area (Å²) in [6.07, 6.45) is 1.31. The number of halogens is 1. The van der Waals surface area contributed by atoms with E-state index in [0.29, 0.717) is 4.73 Å². The molecule has 0 atom stereocenters. The predicted octanol–water partition coefficient (Wildman–Crippen LogP) is 1.14. The minimum absolute atomic E-state index is 0.0177. The first-order chi connectivity index (χ1) is 7.65. The quantitative estimate of drug-likeness (QED) is 0.481. The van der Waals surface area contributed by atoms with Gasteiger partial charge in [-0.15, -0.1) is 4.73 Å². The van der Waals surface area contributed by atoms with Crippen LogP contribution in [-0.4, -0.2) is 9.97 Å². The molecule has 0 fully saturated rings. The van der Waals surface area contributed by atoms with Crippen molar-refractivity contribution in [2.75, 3.05) is 5.73 Å². The van der Waals surface area contributed by atoms with E-state index in [1.165, 1.54) is 18.3 Å². The van der Waals surface area contributed by atoms with Crippen LogP contribution in [0.25, 0.3) is 0 Å². The van der Waals surface area contributed by atoms with E-state index in [4.69, 9.17) is 22.1 Å². The highest BCUT2D eigenvalue weighted by molar-refractivity contribution is 6.29. The van der Waals surface area contributed by atoms with E-state index in [1.807, 2.05) is 0 Å². The molecule has 82 valence electrons. The molecule has 0 amide bonds.